The van der Waals surface area contributed by atoms with Crippen molar-refractivity contribution in [2.45, 2.75) is 12.2 Å². The minimum absolute atomic E-state index is 0.180. The molecule has 0 amide bonds. The maximum Gasteiger partial charge on any atom is 0.416 e. The molecule has 0 aliphatic heterocycles. The van der Waals surface area contributed by atoms with E-state index in [4.69, 9.17) is 11.7 Å². The van der Waals surface area contributed by atoms with E-state index in [1.165, 1.54) is 12.1 Å². The van der Waals surface area contributed by atoms with E-state index < -0.39 is 17.8 Å². The van der Waals surface area contributed by atoms with Gasteiger partial charge in [0.1, 0.15) is 6.04 Å². The van der Waals surface area contributed by atoms with Gasteiger partial charge in [0.15, 0.2) is 0 Å². The number of nitrogens with one attached hydrogen (secondary N) is 1. The summed E-state index contributed by atoms with van der Waals surface area (Å²) < 4.78 is 36.9. The van der Waals surface area contributed by atoms with Crippen molar-refractivity contribution in [3.63, 3.8) is 0 Å². The molecule has 5 heteroatoms. The third kappa shape index (κ3) is 3.51. The van der Waals surface area contributed by atoms with Crippen molar-refractivity contribution in [2.75, 3.05) is 6.54 Å². The number of hydrogen-bond acceptors (Lipinski definition) is 2. The number of nitriles is 1. The Morgan fingerprint density at radius 2 is 1.88 bits per heavy atom. The fourth-order valence-corrected chi connectivity index (χ4v) is 1.26. The van der Waals surface area contributed by atoms with Crippen LogP contribution in [0.5, 0.6) is 0 Å². The number of alkyl halides is 3. The summed E-state index contributed by atoms with van der Waals surface area (Å²) in [6, 6.07) is 5.63. The first-order chi connectivity index (χ1) is 7.99. The summed E-state index contributed by atoms with van der Waals surface area (Å²) in [4.78, 5) is 0. The number of benzene rings is 1. The zero-order valence-electron chi connectivity index (χ0n) is 8.75. The van der Waals surface area contributed by atoms with Crippen molar-refractivity contribution >= 4 is 0 Å². The normalized spacial score (nSPS) is 12.5. The second kappa shape index (κ2) is 5.38. The lowest BCUT2D eigenvalue weighted by molar-refractivity contribution is -0.137. The van der Waals surface area contributed by atoms with Crippen LogP contribution in [0.4, 0.5) is 13.2 Å². The summed E-state index contributed by atoms with van der Waals surface area (Å²) in [6.07, 6.45) is 0.652. The van der Waals surface area contributed by atoms with Gasteiger partial charge < -0.3 is 0 Å². The average molecular weight is 238 g/mol. The van der Waals surface area contributed by atoms with E-state index in [1.54, 1.807) is 0 Å². The van der Waals surface area contributed by atoms with Gasteiger partial charge in [-0.1, -0.05) is 18.1 Å². The van der Waals surface area contributed by atoms with Crippen molar-refractivity contribution in [1.29, 1.82) is 5.26 Å². The van der Waals surface area contributed by atoms with Gasteiger partial charge in [-0.2, -0.15) is 18.4 Å². The predicted molar refractivity (Wildman–Crippen MR) is 56.6 cm³/mol. The Kier molecular flexibility index (Phi) is 4.14. The van der Waals surface area contributed by atoms with Gasteiger partial charge in [-0.3, -0.25) is 5.32 Å². The average Bonchev–Trinajstić information content (AvgIpc) is 2.29. The van der Waals surface area contributed by atoms with E-state index in [2.05, 4.69) is 11.2 Å². The van der Waals surface area contributed by atoms with Gasteiger partial charge in [0.2, 0.25) is 0 Å². The van der Waals surface area contributed by atoms with Crippen LogP contribution in [0.2, 0.25) is 0 Å². The summed E-state index contributed by atoms with van der Waals surface area (Å²) in [6.45, 7) is 0.180. The predicted octanol–water partition coefficient (Wildman–Crippen LogP) is 2.49. The van der Waals surface area contributed by atoms with E-state index in [1.807, 2.05) is 6.07 Å². The minimum Gasteiger partial charge on any atom is -0.287 e. The molecular formula is C12H9F3N2. The van der Waals surface area contributed by atoms with Gasteiger partial charge in [0, 0.05) is 0 Å². The van der Waals surface area contributed by atoms with Crippen LogP contribution in [0.1, 0.15) is 17.2 Å². The molecule has 1 N–H and O–H groups in total. The Balaban J connectivity index is 2.87. The summed E-state index contributed by atoms with van der Waals surface area (Å²) in [5, 5.41) is 11.5. The highest BCUT2D eigenvalue weighted by Gasteiger charge is 2.30. The summed E-state index contributed by atoms with van der Waals surface area (Å²) >= 11 is 0. The van der Waals surface area contributed by atoms with Gasteiger partial charge in [0.25, 0.3) is 0 Å². The first kappa shape index (κ1) is 13.1. The van der Waals surface area contributed by atoms with Crippen LogP contribution in [0.25, 0.3) is 0 Å². The summed E-state index contributed by atoms with van der Waals surface area (Å²) in [5.41, 5.74) is -0.286. The highest BCUT2D eigenvalue weighted by atomic mass is 19.4. The number of hydrogen-bond donors (Lipinski definition) is 1. The third-order valence-electron chi connectivity index (χ3n) is 2.11. The molecular weight excluding hydrogens is 229 g/mol. The fourth-order valence-electron chi connectivity index (χ4n) is 1.26. The molecule has 88 valence electrons. The zero-order chi connectivity index (χ0) is 12.9. The molecule has 0 heterocycles. The van der Waals surface area contributed by atoms with E-state index in [9.17, 15) is 13.2 Å². The Labute approximate surface area is 97.1 Å². The van der Waals surface area contributed by atoms with E-state index in [0.717, 1.165) is 12.1 Å². The van der Waals surface area contributed by atoms with Crippen LogP contribution in [-0.4, -0.2) is 6.54 Å². The van der Waals surface area contributed by atoms with Gasteiger partial charge in [-0.25, -0.2) is 0 Å². The molecule has 1 atom stereocenters. The van der Waals surface area contributed by atoms with Crippen molar-refractivity contribution in [2.24, 2.45) is 0 Å². The Morgan fingerprint density at radius 1 is 1.29 bits per heavy atom. The van der Waals surface area contributed by atoms with Crippen LogP contribution < -0.4 is 5.32 Å². The largest absolute Gasteiger partial charge is 0.416 e. The first-order valence-corrected chi connectivity index (χ1v) is 4.72. The molecule has 1 aromatic carbocycles. The van der Waals surface area contributed by atoms with Crippen molar-refractivity contribution in [3.05, 3.63) is 35.4 Å². The lowest BCUT2D eigenvalue weighted by Gasteiger charge is -2.11. The Bertz CT molecular complexity index is 449. The smallest absolute Gasteiger partial charge is 0.287 e. The maximum absolute atomic E-state index is 12.3. The fraction of sp³-hybridized carbons (Fsp3) is 0.250. The van der Waals surface area contributed by atoms with Gasteiger partial charge in [-0.05, 0) is 17.7 Å². The standard InChI is InChI=1S/C12H9F3N2/c1-2-7-17-11(8-16)9-3-5-10(6-4-9)12(13,14)15/h1,3-6,11,17H,7H2. The zero-order valence-corrected chi connectivity index (χ0v) is 8.75. The molecule has 0 aliphatic carbocycles. The molecule has 0 bridgehead atoms. The highest BCUT2D eigenvalue weighted by Crippen LogP contribution is 2.29. The molecule has 0 spiro atoms. The molecule has 0 radical (unpaired) electrons. The summed E-state index contributed by atoms with van der Waals surface area (Å²) in [5.74, 6) is 2.30. The first-order valence-electron chi connectivity index (χ1n) is 4.72. The van der Waals surface area contributed by atoms with E-state index in [0.29, 0.717) is 5.56 Å². The van der Waals surface area contributed by atoms with Gasteiger partial charge in [-0.15, -0.1) is 6.42 Å². The van der Waals surface area contributed by atoms with Crippen LogP contribution in [0.3, 0.4) is 0 Å². The number of halogens is 3. The lowest BCUT2D eigenvalue weighted by Crippen LogP contribution is -2.20. The molecule has 0 aromatic heterocycles. The van der Waals surface area contributed by atoms with Crippen LogP contribution in [-0.2, 0) is 6.18 Å². The van der Waals surface area contributed by atoms with Crippen LogP contribution in [0.15, 0.2) is 24.3 Å². The molecule has 0 saturated carbocycles. The number of terminal acetylenes is 1. The number of rotatable bonds is 3. The highest BCUT2D eigenvalue weighted by molar-refractivity contribution is 5.29. The third-order valence-corrected chi connectivity index (χ3v) is 2.11. The second-order valence-corrected chi connectivity index (χ2v) is 3.27. The maximum atomic E-state index is 12.3. The van der Waals surface area contributed by atoms with Crippen molar-refractivity contribution < 1.29 is 13.2 Å². The Hall–Kier alpha value is -1.98. The van der Waals surface area contributed by atoms with E-state index in [-0.39, 0.29) is 6.54 Å². The molecule has 0 saturated heterocycles. The molecule has 1 rings (SSSR count). The monoisotopic (exact) mass is 238 g/mol. The van der Waals surface area contributed by atoms with Crippen molar-refractivity contribution in [1.82, 2.24) is 5.32 Å². The Morgan fingerprint density at radius 3 is 2.29 bits per heavy atom. The van der Waals surface area contributed by atoms with Crippen LogP contribution in [0, 0.1) is 23.7 Å². The van der Waals surface area contributed by atoms with Gasteiger partial charge >= 0.3 is 6.18 Å². The topological polar surface area (TPSA) is 35.8 Å². The molecule has 17 heavy (non-hydrogen) atoms. The minimum atomic E-state index is -4.37. The quantitative estimate of drug-likeness (QED) is 0.821. The molecule has 0 aliphatic rings. The summed E-state index contributed by atoms with van der Waals surface area (Å²) in [7, 11) is 0. The van der Waals surface area contributed by atoms with Crippen LogP contribution >= 0.6 is 0 Å². The molecule has 2 nitrogen and oxygen atoms in total. The molecule has 0 fully saturated rings. The number of nitrogens with zero attached hydrogens (tertiary/aromatic N) is 1. The second-order valence-electron chi connectivity index (χ2n) is 3.27. The molecule has 1 unspecified atom stereocenters. The van der Waals surface area contributed by atoms with Gasteiger partial charge in [0.05, 0.1) is 18.2 Å². The molecule has 1 aromatic rings. The SMILES string of the molecule is C#CCNC(C#N)c1ccc(C(F)(F)F)cc1. The van der Waals surface area contributed by atoms with E-state index >= 15 is 0 Å². The lowest BCUT2D eigenvalue weighted by atomic mass is 10.1. The van der Waals surface area contributed by atoms with Crippen molar-refractivity contribution in [3.8, 4) is 18.4 Å².